The number of thiophene rings is 1. The number of nitrogens with one attached hydrogen (secondary N) is 2. The van der Waals surface area contributed by atoms with E-state index in [-0.39, 0.29) is 17.2 Å². The Bertz CT molecular complexity index is 1520. The standard InChI is InChI=1S/C25H23ClN6O2S/c1-13-11-27-21-20-15-3-6-19(30-17(15)4-5-18(20)35-22(21)23(33)29-13)34-24-16(12-28-25(26)31-24)14-7-9-32(2)10-8-14/h3-7,12-13,27H,8-11H2,1-2H3,(H,29,33)/t13-/m0/s1. The summed E-state index contributed by atoms with van der Waals surface area (Å²) in [5.41, 5.74) is 3.60. The summed E-state index contributed by atoms with van der Waals surface area (Å²) in [6, 6.07) is 7.82. The zero-order valence-corrected chi connectivity index (χ0v) is 20.8. The van der Waals surface area contributed by atoms with Gasteiger partial charge < -0.3 is 20.3 Å². The number of fused-ring (bicyclic) bond motifs is 5. The highest BCUT2D eigenvalue weighted by Gasteiger charge is 2.25. The molecular formula is C25H23ClN6O2S. The maximum atomic E-state index is 12.7. The van der Waals surface area contributed by atoms with Gasteiger partial charge >= 0.3 is 0 Å². The van der Waals surface area contributed by atoms with Crippen LogP contribution < -0.4 is 15.4 Å². The molecular weight excluding hydrogens is 484 g/mol. The van der Waals surface area contributed by atoms with Crippen molar-refractivity contribution in [1.82, 2.24) is 25.2 Å². The van der Waals surface area contributed by atoms with Crippen LogP contribution >= 0.6 is 22.9 Å². The SMILES string of the molecule is C[C@H]1CNc2c(sc3ccc4nc(Oc5nc(Cl)ncc5C5=CCN(C)CC5)ccc4c23)C(=O)N1. The van der Waals surface area contributed by atoms with Crippen molar-refractivity contribution < 1.29 is 9.53 Å². The van der Waals surface area contributed by atoms with Crippen LogP contribution in [0.25, 0.3) is 26.6 Å². The summed E-state index contributed by atoms with van der Waals surface area (Å²) in [5, 5.41) is 8.57. The first kappa shape index (κ1) is 22.2. The summed E-state index contributed by atoms with van der Waals surface area (Å²) in [4.78, 5) is 28.9. The first-order chi connectivity index (χ1) is 17.0. The maximum absolute atomic E-state index is 12.7. The molecule has 0 saturated carbocycles. The summed E-state index contributed by atoms with van der Waals surface area (Å²) in [6.07, 6.45) is 4.76. The average molecular weight is 507 g/mol. The Balaban J connectivity index is 1.40. The van der Waals surface area contributed by atoms with E-state index in [2.05, 4.69) is 38.6 Å². The lowest BCUT2D eigenvalue weighted by Gasteiger charge is -2.22. The number of amides is 1. The number of hydrogen-bond donors (Lipinski definition) is 2. The van der Waals surface area contributed by atoms with E-state index in [0.717, 1.165) is 57.3 Å². The summed E-state index contributed by atoms with van der Waals surface area (Å²) >= 11 is 7.60. The van der Waals surface area contributed by atoms with Crippen LogP contribution in [-0.2, 0) is 0 Å². The van der Waals surface area contributed by atoms with Crippen LogP contribution in [0.1, 0.15) is 28.6 Å². The fourth-order valence-electron chi connectivity index (χ4n) is 4.52. The number of nitrogens with zero attached hydrogens (tertiary/aromatic N) is 4. The molecule has 35 heavy (non-hydrogen) atoms. The normalized spacial score (nSPS) is 18.5. The average Bonchev–Trinajstić information content (AvgIpc) is 3.16. The fourth-order valence-corrected chi connectivity index (χ4v) is 5.75. The molecule has 10 heteroatoms. The number of hydrogen-bond acceptors (Lipinski definition) is 8. The van der Waals surface area contributed by atoms with Crippen molar-refractivity contribution in [2.75, 3.05) is 32.0 Å². The second-order valence-corrected chi connectivity index (χ2v) is 10.3. The molecule has 1 aromatic carbocycles. The summed E-state index contributed by atoms with van der Waals surface area (Å²) in [5.74, 6) is 0.767. The second kappa shape index (κ2) is 8.75. The smallest absolute Gasteiger partial charge is 0.263 e. The van der Waals surface area contributed by atoms with Crippen LogP contribution in [0.4, 0.5) is 5.69 Å². The molecule has 4 aromatic rings. The minimum absolute atomic E-state index is 0.0452. The van der Waals surface area contributed by atoms with E-state index in [4.69, 9.17) is 21.3 Å². The lowest BCUT2D eigenvalue weighted by atomic mass is 10.0. The van der Waals surface area contributed by atoms with Crippen LogP contribution in [0.3, 0.4) is 0 Å². The van der Waals surface area contributed by atoms with Crippen molar-refractivity contribution in [1.29, 1.82) is 0 Å². The van der Waals surface area contributed by atoms with Crippen LogP contribution in [0, 0.1) is 0 Å². The van der Waals surface area contributed by atoms with Crippen LogP contribution in [0.5, 0.6) is 11.8 Å². The summed E-state index contributed by atoms with van der Waals surface area (Å²) in [7, 11) is 2.09. The van der Waals surface area contributed by atoms with Gasteiger partial charge in [0.1, 0.15) is 4.88 Å². The Labute approximate surface area is 211 Å². The van der Waals surface area contributed by atoms with Crippen molar-refractivity contribution in [2.24, 2.45) is 0 Å². The molecule has 2 aliphatic rings. The number of rotatable bonds is 3. The van der Waals surface area contributed by atoms with E-state index in [1.165, 1.54) is 11.3 Å². The van der Waals surface area contributed by atoms with Crippen LogP contribution in [0.15, 0.2) is 36.5 Å². The molecule has 5 heterocycles. The van der Waals surface area contributed by atoms with Gasteiger partial charge in [0.2, 0.25) is 17.0 Å². The largest absolute Gasteiger partial charge is 0.420 e. The Kier molecular flexibility index (Phi) is 5.55. The third kappa shape index (κ3) is 4.09. The van der Waals surface area contributed by atoms with E-state index in [1.807, 2.05) is 31.2 Å². The van der Waals surface area contributed by atoms with Crippen molar-refractivity contribution in [3.8, 4) is 11.8 Å². The highest BCUT2D eigenvalue weighted by atomic mass is 35.5. The van der Waals surface area contributed by atoms with Crippen molar-refractivity contribution >= 4 is 61.1 Å². The maximum Gasteiger partial charge on any atom is 0.263 e. The van der Waals surface area contributed by atoms with Gasteiger partial charge in [0.25, 0.3) is 5.91 Å². The number of anilines is 1. The highest BCUT2D eigenvalue weighted by molar-refractivity contribution is 7.21. The molecule has 2 aliphatic heterocycles. The Hall–Kier alpha value is -3.27. The lowest BCUT2D eigenvalue weighted by molar-refractivity contribution is 0.0949. The van der Waals surface area contributed by atoms with Gasteiger partial charge in [0.15, 0.2) is 0 Å². The van der Waals surface area contributed by atoms with E-state index >= 15 is 0 Å². The van der Waals surface area contributed by atoms with Gasteiger partial charge in [-0.3, -0.25) is 4.79 Å². The number of ether oxygens (including phenoxy) is 1. The predicted octanol–water partition coefficient (Wildman–Crippen LogP) is 4.95. The number of pyridine rings is 1. The second-order valence-electron chi connectivity index (χ2n) is 8.92. The van der Waals surface area contributed by atoms with Crippen LogP contribution in [-0.4, -0.2) is 58.5 Å². The molecule has 2 N–H and O–H groups in total. The molecule has 0 radical (unpaired) electrons. The first-order valence-corrected chi connectivity index (χ1v) is 12.6. The minimum Gasteiger partial charge on any atom is -0.420 e. The van der Waals surface area contributed by atoms with Gasteiger partial charge in [0, 0.05) is 53.4 Å². The number of likely N-dealkylation sites (N-methyl/N-ethyl adjacent to an activating group) is 1. The quantitative estimate of drug-likeness (QED) is 0.380. The van der Waals surface area contributed by atoms with Crippen molar-refractivity contribution in [2.45, 2.75) is 19.4 Å². The topological polar surface area (TPSA) is 92.3 Å². The summed E-state index contributed by atoms with van der Waals surface area (Å²) in [6.45, 7) is 4.46. The molecule has 8 nitrogen and oxygen atoms in total. The van der Waals surface area contributed by atoms with Crippen LogP contribution in [0.2, 0.25) is 5.28 Å². The monoisotopic (exact) mass is 506 g/mol. The van der Waals surface area contributed by atoms with Crippen molar-refractivity contribution in [3.63, 3.8) is 0 Å². The van der Waals surface area contributed by atoms with Crippen molar-refractivity contribution in [3.05, 3.63) is 52.3 Å². The molecule has 178 valence electrons. The van der Waals surface area contributed by atoms with Gasteiger partial charge in [-0.05, 0) is 55.8 Å². The van der Waals surface area contributed by atoms with Gasteiger partial charge in [-0.15, -0.1) is 11.3 Å². The predicted molar refractivity (Wildman–Crippen MR) is 140 cm³/mol. The number of aromatic nitrogens is 3. The molecule has 3 aromatic heterocycles. The molecule has 0 spiro atoms. The van der Waals surface area contributed by atoms with Gasteiger partial charge in [0.05, 0.1) is 16.8 Å². The zero-order valence-electron chi connectivity index (χ0n) is 19.3. The van der Waals surface area contributed by atoms with Gasteiger partial charge in [-0.1, -0.05) is 6.08 Å². The lowest BCUT2D eigenvalue weighted by Crippen LogP contribution is -2.34. The number of halogens is 1. The zero-order chi connectivity index (χ0) is 24.1. The van der Waals surface area contributed by atoms with E-state index in [0.29, 0.717) is 23.2 Å². The first-order valence-electron chi connectivity index (χ1n) is 11.5. The molecule has 0 saturated heterocycles. The molecule has 1 atom stereocenters. The third-order valence-electron chi connectivity index (χ3n) is 6.35. The Morgan fingerprint density at radius 2 is 2.11 bits per heavy atom. The summed E-state index contributed by atoms with van der Waals surface area (Å²) < 4.78 is 7.19. The molecule has 0 bridgehead atoms. The number of benzene rings is 1. The molecule has 1 amide bonds. The molecule has 6 rings (SSSR count). The fraction of sp³-hybridized carbons (Fsp3) is 0.280. The highest BCUT2D eigenvalue weighted by Crippen LogP contribution is 2.41. The Morgan fingerprint density at radius 3 is 2.94 bits per heavy atom. The number of carbonyl (C=O) groups is 1. The van der Waals surface area contributed by atoms with Gasteiger partial charge in [-0.25, -0.2) is 9.97 Å². The third-order valence-corrected chi connectivity index (χ3v) is 7.68. The number of carbonyl (C=O) groups excluding carboxylic acids is 1. The Morgan fingerprint density at radius 1 is 1.23 bits per heavy atom. The molecule has 0 fully saturated rings. The molecule has 0 unspecified atom stereocenters. The minimum atomic E-state index is -0.0452. The van der Waals surface area contributed by atoms with E-state index in [9.17, 15) is 4.79 Å². The van der Waals surface area contributed by atoms with E-state index in [1.54, 1.807) is 6.20 Å². The van der Waals surface area contributed by atoms with E-state index < -0.39 is 0 Å². The van der Waals surface area contributed by atoms with Gasteiger partial charge in [-0.2, -0.15) is 4.98 Å². The molecule has 0 aliphatic carbocycles.